The van der Waals surface area contributed by atoms with E-state index >= 15 is 0 Å². The summed E-state index contributed by atoms with van der Waals surface area (Å²) in [6.45, 7) is 3.63. The summed E-state index contributed by atoms with van der Waals surface area (Å²) in [5.41, 5.74) is 3.43. The molecule has 1 amide bonds. The van der Waals surface area contributed by atoms with Crippen LogP contribution in [-0.2, 0) is 10.0 Å². The van der Waals surface area contributed by atoms with E-state index in [0.29, 0.717) is 28.3 Å². The first kappa shape index (κ1) is 22.2. The van der Waals surface area contributed by atoms with Crippen molar-refractivity contribution < 1.29 is 17.6 Å². The van der Waals surface area contributed by atoms with Gasteiger partial charge in [-0.05, 0) is 74.5 Å². The van der Waals surface area contributed by atoms with Crippen molar-refractivity contribution in [1.82, 2.24) is 9.78 Å². The van der Waals surface area contributed by atoms with Crippen molar-refractivity contribution in [2.75, 3.05) is 10.0 Å². The van der Waals surface area contributed by atoms with Gasteiger partial charge in [0, 0.05) is 11.4 Å². The monoisotopic (exact) mass is 464 g/mol. The average molecular weight is 465 g/mol. The SMILES string of the molecule is Cc1ccc(S(=O)(=O)Nc2ccc(NC(=O)c3cnn(-c4ccc(F)cc4)c3C)cc2)cc1. The number of nitrogens with one attached hydrogen (secondary N) is 2. The van der Waals surface area contributed by atoms with Crippen LogP contribution in [0.5, 0.6) is 0 Å². The van der Waals surface area contributed by atoms with E-state index in [9.17, 15) is 17.6 Å². The normalized spacial score (nSPS) is 11.2. The maximum atomic E-state index is 13.2. The number of aryl methyl sites for hydroxylation is 1. The van der Waals surface area contributed by atoms with Gasteiger partial charge in [-0.25, -0.2) is 17.5 Å². The predicted octanol–water partition coefficient (Wildman–Crippen LogP) is 4.68. The Labute approximate surface area is 190 Å². The van der Waals surface area contributed by atoms with Crippen LogP contribution in [0.15, 0.2) is 83.9 Å². The lowest BCUT2D eigenvalue weighted by atomic mass is 10.2. The highest BCUT2D eigenvalue weighted by Gasteiger charge is 2.16. The third-order valence-electron chi connectivity index (χ3n) is 5.05. The molecule has 1 aromatic heterocycles. The summed E-state index contributed by atoms with van der Waals surface area (Å²) in [4.78, 5) is 12.9. The fourth-order valence-corrected chi connectivity index (χ4v) is 4.29. The zero-order valence-electron chi connectivity index (χ0n) is 17.9. The summed E-state index contributed by atoms with van der Waals surface area (Å²) in [6.07, 6.45) is 1.44. The fraction of sp³-hybridized carbons (Fsp3) is 0.0833. The van der Waals surface area contributed by atoms with Gasteiger partial charge in [0.1, 0.15) is 5.82 Å². The Morgan fingerprint density at radius 2 is 1.48 bits per heavy atom. The fourth-order valence-electron chi connectivity index (χ4n) is 3.23. The lowest BCUT2D eigenvalue weighted by molar-refractivity contribution is 0.102. The second-order valence-electron chi connectivity index (χ2n) is 7.48. The second-order valence-corrected chi connectivity index (χ2v) is 9.16. The Morgan fingerprint density at radius 3 is 2.12 bits per heavy atom. The number of nitrogens with zero attached hydrogens (tertiary/aromatic N) is 2. The standard InChI is InChI=1S/C24H21FN4O3S/c1-16-3-13-22(14-4-16)33(31,32)28-20-9-7-19(8-10-20)27-24(30)23-15-26-29(17(23)2)21-11-5-18(25)6-12-21/h3-15,28H,1-2H3,(H,27,30). The van der Waals surface area contributed by atoms with Crippen LogP contribution < -0.4 is 10.0 Å². The predicted molar refractivity (Wildman–Crippen MR) is 125 cm³/mol. The van der Waals surface area contributed by atoms with Gasteiger partial charge in [0.15, 0.2) is 0 Å². The Balaban J connectivity index is 1.45. The Bertz CT molecular complexity index is 1400. The Hall–Kier alpha value is -3.98. The van der Waals surface area contributed by atoms with Gasteiger partial charge in [-0.15, -0.1) is 0 Å². The molecule has 0 atom stereocenters. The number of halogens is 1. The highest BCUT2D eigenvalue weighted by molar-refractivity contribution is 7.92. The molecule has 2 N–H and O–H groups in total. The molecule has 7 nitrogen and oxygen atoms in total. The molecule has 0 radical (unpaired) electrons. The summed E-state index contributed by atoms with van der Waals surface area (Å²) in [5.74, 6) is -0.722. The smallest absolute Gasteiger partial charge is 0.261 e. The Kier molecular flexibility index (Phi) is 5.97. The van der Waals surface area contributed by atoms with Crippen LogP contribution in [0.4, 0.5) is 15.8 Å². The summed E-state index contributed by atoms with van der Waals surface area (Å²) in [5, 5.41) is 7.00. The molecule has 0 saturated heterocycles. The van der Waals surface area contributed by atoms with E-state index in [1.54, 1.807) is 72.3 Å². The number of carbonyl (C=O) groups is 1. The molecule has 33 heavy (non-hydrogen) atoms. The maximum Gasteiger partial charge on any atom is 0.261 e. The third kappa shape index (κ3) is 4.93. The molecule has 0 aliphatic rings. The minimum Gasteiger partial charge on any atom is -0.322 e. The molecule has 4 rings (SSSR count). The Morgan fingerprint density at radius 1 is 0.879 bits per heavy atom. The van der Waals surface area contributed by atoms with Crippen molar-refractivity contribution in [2.45, 2.75) is 18.7 Å². The molecule has 1 heterocycles. The van der Waals surface area contributed by atoms with Gasteiger partial charge >= 0.3 is 0 Å². The summed E-state index contributed by atoms with van der Waals surface area (Å²) < 4.78 is 42.3. The highest BCUT2D eigenvalue weighted by atomic mass is 32.2. The van der Waals surface area contributed by atoms with Crippen LogP contribution in [0.2, 0.25) is 0 Å². The number of aromatic nitrogens is 2. The number of rotatable bonds is 6. The number of carbonyl (C=O) groups excluding carboxylic acids is 1. The summed E-state index contributed by atoms with van der Waals surface area (Å²) >= 11 is 0. The summed E-state index contributed by atoms with van der Waals surface area (Å²) in [7, 11) is -3.71. The molecule has 9 heteroatoms. The molecule has 0 aliphatic carbocycles. The van der Waals surface area contributed by atoms with Gasteiger partial charge in [-0.1, -0.05) is 17.7 Å². The van der Waals surface area contributed by atoms with Crippen molar-refractivity contribution in [3.63, 3.8) is 0 Å². The van der Waals surface area contributed by atoms with E-state index in [2.05, 4.69) is 15.1 Å². The highest BCUT2D eigenvalue weighted by Crippen LogP contribution is 2.20. The number of benzene rings is 3. The van der Waals surface area contributed by atoms with Crippen molar-refractivity contribution in [1.29, 1.82) is 0 Å². The van der Waals surface area contributed by atoms with E-state index in [0.717, 1.165) is 5.56 Å². The molecule has 3 aromatic carbocycles. The van der Waals surface area contributed by atoms with Crippen molar-refractivity contribution in [2.24, 2.45) is 0 Å². The molecule has 0 aliphatic heterocycles. The van der Waals surface area contributed by atoms with E-state index in [1.165, 1.54) is 18.3 Å². The van der Waals surface area contributed by atoms with Gasteiger partial charge in [-0.3, -0.25) is 9.52 Å². The van der Waals surface area contributed by atoms with Crippen LogP contribution in [0, 0.1) is 19.7 Å². The number of anilines is 2. The van der Waals surface area contributed by atoms with Crippen LogP contribution in [-0.4, -0.2) is 24.1 Å². The zero-order chi connectivity index (χ0) is 23.6. The zero-order valence-corrected chi connectivity index (χ0v) is 18.7. The molecular weight excluding hydrogens is 443 g/mol. The molecular formula is C24H21FN4O3S. The van der Waals surface area contributed by atoms with Gasteiger partial charge in [0.05, 0.1) is 28.0 Å². The molecule has 168 valence electrons. The first-order valence-corrected chi connectivity index (χ1v) is 11.5. The van der Waals surface area contributed by atoms with E-state index in [4.69, 9.17) is 0 Å². The van der Waals surface area contributed by atoms with E-state index in [1.807, 2.05) is 6.92 Å². The van der Waals surface area contributed by atoms with E-state index in [-0.39, 0.29) is 16.6 Å². The second kappa shape index (κ2) is 8.87. The van der Waals surface area contributed by atoms with Gasteiger partial charge in [0.25, 0.3) is 15.9 Å². The summed E-state index contributed by atoms with van der Waals surface area (Å²) in [6, 6.07) is 18.7. The number of hydrogen-bond donors (Lipinski definition) is 2. The molecule has 4 aromatic rings. The first-order chi connectivity index (χ1) is 15.7. The molecule has 0 spiro atoms. The maximum absolute atomic E-state index is 13.2. The number of hydrogen-bond acceptors (Lipinski definition) is 4. The lowest BCUT2D eigenvalue weighted by Gasteiger charge is -2.10. The minimum absolute atomic E-state index is 0.166. The molecule has 0 unspecified atom stereocenters. The average Bonchev–Trinajstić information content (AvgIpc) is 3.17. The van der Waals surface area contributed by atoms with Crippen molar-refractivity contribution >= 4 is 27.3 Å². The van der Waals surface area contributed by atoms with Crippen LogP contribution in [0.25, 0.3) is 5.69 Å². The van der Waals surface area contributed by atoms with Crippen LogP contribution >= 0.6 is 0 Å². The van der Waals surface area contributed by atoms with Crippen molar-refractivity contribution in [3.05, 3.63) is 102 Å². The molecule has 0 fully saturated rings. The first-order valence-electron chi connectivity index (χ1n) is 10.0. The largest absolute Gasteiger partial charge is 0.322 e. The third-order valence-corrected chi connectivity index (χ3v) is 6.45. The number of amides is 1. The van der Waals surface area contributed by atoms with Crippen LogP contribution in [0.3, 0.4) is 0 Å². The van der Waals surface area contributed by atoms with Crippen molar-refractivity contribution in [3.8, 4) is 5.69 Å². The minimum atomic E-state index is -3.71. The number of sulfonamides is 1. The topological polar surface area (TPSA) is 93.1 Å². The molecule has 0 bridgehead atoms. The molecule has 0 saturated carbocycles. The van der Waals surface area contributed by atoms with E-state index < -0.39 is 10.0 Å². The van der Waals surface area contributed by atoms with Gasteiger partial charge in [0.2, 0.25) is 0 Å². The quantitative estimate of drug-likeness (QED) is 0.433. The van der Waals surface area contributed by atoms with Gasteiger partial charge < -0.3 is 5.32 Å². The van der Waals surface area contributed by atoms with Crippen LogP contribution in [0.1, 0.15) is 21.6 Å². The van der Waals surface area contributed by atoms with Gasteiger partial charge in [-0.2, -0.15) is 5.10 Å². The lowest BCUT2D eigenvalue weighted by Crippen LogP contribution is -2.14.